The van der Waals surface area contributed by atoms with Gasteiger partial charge in [0, 0.05) is 42.2 Å². The second kappa shape index (κ2) is 6.59. The molecule has 1 aliphatic carbocycles. The van der Waals surface area contributed by atoms with Crippen molar-refractivity contribution in [3.8, 4) is 11.1 Å². The van der Waals surface area contributed by atoms with Crippen LogP contribution < -0.4 is 0 Å². The molecule has 6 heteroatoms. The highest BCUT2D eigenvalue weighted by Gasteiger charge is 2.21. The first kappa shape index (κ1) is 16.3. The number of fused-ring (bicyclic) bond motifs is 1. The zero-order valence-corrected chi connectivity index (χ0v) is 15.4. The molecule has 3 aromatic heterocycles. The molecule has 5 nitrogen and oxygen atoms in total. The average Bonchev–Trinajstić information content (AvgIpc) is 3.19. The van der Waals surface area contributed by atoms with Gasteiger partial charge in [0.25, 0.3) is 0 Å². The predicted molar refractivity (Wildman–Crippen MR) is 103 cm³/mol. The minimum absolute atomic E-state index is 0.552. The molecule has 0 amide bonds. The summed E-state index contributed by atoms with van der Waals surface area (Å²) in [5.41, 5.74) is 5.83. The second-order valence-corrected chi connectivity index (χ2v) is 7.15. The number of nitrogens with zero attached hydrogens (tertiary/aromatic N) is 4. The summed E-state index contributed by atoms with van der Waals surface area (Å²) in [4.78, 5) is 4.68. The first-order valence-electron chi connectivity index (χ1n) is 8.55. The molecule has 25 heavy (non-hydrogen) atoms. The summed E-state index contributed by atoms with van der Waals surface area (Å²) in [6, 6.07) is 2.28. The van der Waals surface area contributed by atoms with Gasteiger partial charge in [-0.05, 0) is 48.8 Å². The molecular formula is C19H22N4OS. The minimum Gasteiger partial charge on any atom is -0.504 e. The van der Waals surface area contributed by atoms with Gasteiger partial charge in [-0.1, -0.05) is 12.8 Å². The summed E-state index contributed by atoms with van der Waals surface area (Å²) >= 11 is 4.53. The van der Waals surface area contributed by atoms with Crippen LogP contribution in [0.5, 0.6) is 0 Å². The van der Waals surface area contributed by atoms with Crippen molar-refractivity contribution in [2.24, 2.45) is 7.05 Å². The predicted octanol–water partition coefficient (Wildman–Crippen LogP) is 4.32. The Morgan fingerprint density at radius 3 is 2.72 bits per heavy atom. The van der Waals surface area contributed by atoms with Crippen molar-refractivity contribution < 1.29 is 4.74 Å². The van der Waals surface area contributed by atoms with E-state index in [9.17, 15) is 0 Å². The number of aryl methyl sites for hydroxylation is 1. The van der Waals surface area contributed by atoms with E-state index in [1.165, 1.54) is 11.1 Å². The zero-order chi connectivity index (χ0) is 17.4. The lowest BCUT2D eigenvalue weighted by atomic mass is 9.82. The van der Waals surface area contributed by atoms with E-state index >= 15 is 0 Å². The molecule has 0 aliphatic heterocycles. The van der Waals surface area contributed by atoms with Crippen LogP contribution in [0.4, 0.5) is 0 Å². The fraction of sp³-hybridized carbons (Fsp3) is 0.368. The highest BCUT2D eigenvalue weighted by atomic mass is 32.1. The van der Waals surface area contributed by atoms with Gasteiger partial charge in [-0.25, -0.2) is 4.98 Å². The molecule has 0 aromatic carbocycles. The number of hydrogen-bond acceptors (Lipinski definition) is 4. The first-order chi connectivity index (χ1) is 12.2. The molecule has 0 unspecified atom stereocenters. The van der Waals surface area contributed by atoms with E-state index in [4.69, 9.17) is 4.74 Å². The van der Waals surface area contributed by atoms with E-state index in [-0.39, 0.29) is 0 Å². The molecule has 1 saturated carbocycles. The lowest BCUT2D eigenvalue weighted by molar-refractivity contribution is 0.326. The fourth-order valence-corrected chi connectivity index (χ4v) is 4.00. The van der Waals surface area contributed by atoms with Crippen molar-refractivity contribution in [2.75, 3.05) is 7.11 Å². The van der Waals surface area contributed by atoms with Crippen LogP contribution in [0.3, 0.4) is 0 Å². The van der Waals surface area contributed by atoms with Gasteiger partial charge in [0.2, 0.25) is 0 Å². The van der Waals surface area contributed by atoms with Gasteiger partial charge in [0.05, 0.1) is 19.6 Å². The molecular weight excluding hydrogens is 332 g/mol. The molecule has 130 valence electrons. The lowest BCUT2D eigenvalue weighted by Crippen LogP contribution is -2.07. The van der Waals surface area contributed by atoms with Crippen LogP contribution in [0, 0.1) is 0 Å². The number of pyridine rings is 1. The molecule has 1 aliphatic rings. The Morgan fingerprint density at radius 1 is 1.24 bits per heavy atom. The van der Waals surface area contributed by atoms with Crippen LogP contribution in [0.1, 0.15) is 37.2 Å². The smallest absolute Gasteiger partial charge is 0.150 e. The van der Waals surface area contributed by atoms with Crippen molar-refractivity contribution in [3.05, 3.63) is 48.3 Å². The van der Waals surface area contributed by atoms with E-state index in [0.717, 1.165) is 47.8 Å². The van der Waals surface area contributed by atoms with Gasteiger partial charge in [-0.2, -0.15) is 5.10 Å². The highest BCUT2D eigenvalue weighted by Crippen LogP contribution is 2.38. The summed E-state index contributed by atoms with van der Waals surface area (Å²) in [6.07, 6.45) is 14.3. The molecule has 3 heterocycles. The van der Waals surface area contributed by atoms with Crippen molar-refractivity contribution in [3.63, 3.8) is 0 Å². The Balaban J connectivity index is 1.69. The van der Waals surface area contributed by atoms with Crippen LogP contribution in [0.2, 0.25) is 0 Å². The topological polar surface area (TPSA) is 44.9 Å². The van der Waals surface area contributed by atoms with Crippen LogP contribution >= 0.6 is 12.8 Å². The van der Waals surface area contributed by atoms with Crippen molar-refractivity contribution in [1.82, 2.24) is 18.7 Å². The standard InChI is InChI=1S/C19H22N4OS/c1-22-10-16(9-21-22)18-11-23(25)19-17(18)7-15(8-20-19)14-5-3-13(4-6-14)12-24-2/h7-12,14,25H,3-6H2,1-2H3. The quantitative estimate of drug-likeness (QED) is 0.563. The molecule has 3 aromatic rings. The first-order valence-corrected chi connectivity index (χ1v) is 8.95. The van der Waals surface area contributed by atoms with Crippen LogP contribution in [0.15, 0.2) is 42.7 Å². The van der Waals surface area contributed by atoms with Gasteiger partial charge >= 0.3 is 0 Å². The Kier molecular flexibility index (Phi) is 4.29. The van der Waals surface area contributed by atoms with E-state index in [1.54, 1.807) is 11.1 Å². The van der Waals surface area contributed by atoms with Gasteiger partial charge in [0.1, 0.15) is 5.65 Å². The summed E-state index contributed by atoms with van der Waals surface area (Å²) < 4.78 is 8.77. The maximum Gasteiger partial charge on any atom is 0.150 e. The molecule has 0 radical (unpaired) electrons. The number of aromatic nitrogens is 4. The van der Waals surface area contributed by atoms with Crippen molar-refractivity contribution in [1.29, 1.82) is 0 Å². The number of allylic oxidation sites excluding steroid dienone is 1. The van der Waals surface area contributed by atoms with Crippen LogP contribution in [-0.4, -0.2) is 25.8 Å². The average molecular weight is 354 g/mol. The maximum absolute atomic E-state index is 5.16. The minimum atomic E-state index is 0.552. The number of ether oxygens (including phenoxy) is 1. The third-order valence-corrected chi connectivity index (χ3v) is 5.35. The van der Waals surface area contributed by atoms with Crippen molar-refractivity contribution in [2.45, 2.75) is 31.6 Å². The van der Waals surface area contributed by atoms with Crippen LogP contribution in [0.25, 0.3) is 22.2 Å². The third kappa shape index (κ3) is 3.06. The Morgan fingerprint density at radius 2 is 2.04 bits per heavy atom. The molecule has 0 saturated heterocycles. The van der Waals surface area contributed by atoms with E-state index in [1.807, 2.05) is 42.8 Å². The fourth-order valence-electron chi connectivity index (χ4n) is 3.73. The zero-order valence-electron chi connectivity index (χ0n) is 14.5. The molecule has 0 bridgehead atoms. The highest BCUT2D eigenvalue weighted by molar-refractivity contribution is 7.78. The number of rotatable bonds is 3. The third-order valence-electron chi connectivity index (χ3n) is 5.05. The summed E-state index contributed by atoms with van der Waals surface area (Å²) in [5.74, 6) is 0.552. The Bertz CT molecular complexity index is 930. The number of methoxy groups -OCH3 is 1. The summed E-state index contributed by atoms with van der Waals surface area (Å²) in [5, 5.41) is 5.43. The van der Waals surface area contributed by atoms with Gasteiger partial charge in [0.15, 0.2) is 0 Å². The Labute approximate surface area is 152 Å². The SMILES string of the molecule is COC=C1CCC(c2cnc3c(c2)c(-c2cnn(C)c2)cn3S)CC1. The molecule has 0 N–H and O–H groups in total. The number of hydrogen-bond donors (Lipinski definition) is 1. The normalized spacial score (nSPS) is 17.9. The largest absolute Gasteiger partial charge is 0.504 e. The van der Waals surface area contributed by atoms with Gasteiger partial charge in [-0.3, -0.25) is 8.65 Å². The van der Waals surface area contributed by atoms with Crippen LogP contribution in [-0.2, 0) is 11.8 Å². The van der Waals surface area contributed by atoms with Gasteiger partial charge in [-0.15, -0.1) is 0 Å². The summed E-state index contributed by atoms with van der Waals surface area (Å²) in [7, 11) is 3.65. The molecule has 0 atom stereocenters. The maximum atomic E-state index is 5.16. The molecule has 0 spiro atoms. The molecule has 1 fully saturated rings. The second-order valence-electron chi connectivity index (χ2n) is 6.72. The van der Waals surface area contributed by atoms with Crippen molar-refractivity contribution >= 4 is 23.8 Å². The van der Waals surface area contributed by atoms with Gasteiger partial charge < -0.3 is 4.74 Å². The summed E-state index contributed by atoms with van der Waals surface area (Å²) in [6.45, 7) is 0. The Hall–Kier alpha value is -2.21. The van der Waals surface area contributed by atoms with E-state index < -0.39 is 0 Å². The number of thiol groups is 1. The van der Waals surface area contributed by atoms with E-state index in [0.29, 0.717) is 5.92 Å². The monoisotopic (exact) mass is 354 g/mol. The molecule has 4 rings (SSSR count). The van der Waals surface area contributed by atoms with E-state index in [2.05, 4.69) is 29.0 Å². The lowest BCUT2D eigenvalue weighted by Gasteiger charge is -2.23.